The second-order valence-electron chi connectivity index (χ2n) is 6.09. The molecule has 0 heterocycles. The molecular weight excluding hydrogens is 306 g/mol. The number of rotatable bonds is 10. The number of hydrogen-bond acceptors (Lipinski definition) is 4. The molecule has 24 heavy (non-hydrogen) atoms. The Balaban J connectivity index is 2.43. The molecule has 0 saturated heterocycles. The number of nitrogens with one attached hydrogen (secondary N) is 2. The molecule has 0 saturated carbocycles. The van der Waals surface area contributed by atoms with Gasteiger partial charge in [-0.25, -0.2) is 0 Å². The third-order valence-electron chi connectivity index (χ3n) is 3.64. The second-order valence-corrected chi connectivity index (χ2v) is 6.09. The maximum absolute atomic E-state index is 11.9. The van der Waals surface area contributed by atoms with E-state index < -0.39 is 6.04 Å². The van der Waals surface area contributed by atoms with E-state index in [4.69, 9.17) is 10.5 Å². The fourth-order valence-electron chi connectivity index (χ4n) is 2.04. The summed E-state index contributed by atoms with van der Waals surface area (Å²) in [5.41, 5.74) is 7.79. The summed E-state index contributed by atoms with van der Waals surface area (Å²) in [6, 6.07) is 7.21. The summed E-state index contributed by atoms with van der Waals surface area (Å²) < 4.78 is 5.56. The van der Waals surface area contributed by atoms with Gasteiger partial charge in [-0.2, -0.15) is 0 Å². The molecule has 0 bridgehead atoms. The monoisotopic (exact) mass is 335 g/mol. The smallest absolute Gasteiger partial charge is 0.239 e. The minimum Gasteiger partial charge on any atom is -0.377 e. The van der Waals surface area contributed by atoms with Gasteiger partial charge < -0.3 is 21.1 Å². The maximum atomic E-state index is 11.9. The molecule has 0 aromatic heterocycles. The number of nitrogens with two attached hydrogens (primary N) is 1. The molecule has 0 radical (unpaired) electrons. The van der Waals surface area contributed by atoms with E-state index in [0.717, 1.165) is 17.5 Å². The predicted octanol–water partition coefficient (Wildman–Crippen LogP) is 1.33. The molecule has 6 heteroatoms. The van der Waals surface area contributed by atoms with Crippen molar-refractivity contribution in [2.75, 3.05) is 13.2 Å². The van der Waals surface area contributed by atoms with Gasteiger partial charge in [-0.15, -0.1) is 0 Å². The summed E-state index contributed by atoms with van der Waals surface area (Å²) in [6.07, 6.45) is 0.969. The van der Waals surface area contributed by atoms with Crippen LogP contribution in [0.15, 0.2) is 24.3 Å². The van der Waals surface area contributed by atoms with Crippen LogP contribution in [0.3, 0.4) is 0 Å². The molecule has 0 fully saturated rings. The zero-order valence-electron chi connectivity index (χ0n) is 14.8. The summed E-state index contributed by atoms with van der Waals surface area (Å²) in [5, 5.41) is 5.36. The molecule has 1 aromatic rings. The maximum Gasteiger partial charge on any atom is 0.239 e. The summed E-state index contributed by atoms with van der Waals surface area (Å²) in [7, 11) is 0. The summed E-state index contributed by atoms with van der Waals surface area (Å²) >= 11 is 0. The molecule has 0 aliphatic carbocycles. The van der Waals surface area contributed by atoms with Gasteiger partial charge in [0.05, 0.1) is 19.2 Å². The van der Waals surface area contributed by atoms with Crippen LogP contribution in [0.1, 0.15) is 38.3 Å². The summed E-state index contributed by atoms with van der Waals surface area (Å²) in [4.78, 5) is 23.6. The zero-order chi connectivity index (χ0) is 17.9. The lowest BCUT2D eigenvalue weighted by molar-refractivity contribution is -0.127. The van der Waals surface area contributed by atoms with Crippen molar-refractivity contribution in [3.05, 3.63) is 35.4 Å². The van der Waals surface area contributed by atoms with Crippen LogP contribution >= 0.6 is 0 Å². The summed E-state index contributed by atoms with van der Waals surface area (Å²) in [6.45, 7) is 7.35. The van der Waals surface area contributed by atoms with Gasteiger partial charge in [0.1, 0.15) is 0 Å². The van der Waals surface area contributed by atoms with Crippen molar-refractivity contribution in [2.45, 2.75) is 46.4 Å². The van der Waals surface area contributed by atoms with Crippen LogP contribution in [-0.2, 0) is 27.5 Å². The van der Waals surface area contributed by atoms with Gasteiger partial charge in [-0.1, -0.05) is 45.0 Å². The molecular formula is C18H29N3O3. The first-order chi connectivity index (χ1) is 11.5. The Morgan fingerprint density at radius 3 is 2.46 bits per heavy atom. The molecule has 1 aromatic carbocycles. The molecule has 1 atom stereocenters. The number of ether oxygens (including phenoxy) is 1. The first-order valence-corrected chi connectivity index (χ1v) is 8.40. The molecule has 0 unspecified atom stereocenters. The van der Waals surface area contributed by atoms with E-state index >= 15 is 0 Å². The first-order valence-electron chi connectivity index (χ1n) is 8.40. The highest BCUT2D eigenvalue weighted by atomic mass is 16.5. The van der Waals surface area contributed by atoms with Crippen LogP contribution in [0.4, 0.5) is 0 Å². The van der Waals surface area contributed by atoms with Gasteiger partial charge in [0, 0.05) is 13.2 Å². The number of benzene rings is 1. The highest BCUT2D eigenvalue weighted by Crippen LogP contribution is 2.10. The molecule has 4 N–H and O–H groups in total. The van der Waals surface area contributed by atoms with Gasteiger partial charge in [-0.3, -0.25) is 9.59 Å². The normalized spacial score (nSPS) is 12.0. The van der Waals surface area contributed by atoms with Crippen LogP contribution < -0.4 is 16.4 Å². The lowest BCUT2D eigenvalue weighted by atomic mass is 10.1. The molecule has 6 nitrogen and oxygen atoms in total. The number of hydrogen-bond donors (Lipinski definition) is 3. The van der Waals surface area contributed by atoms with Crippen molar-refractivity contribution in [3.63, 3.8) is 0 Å². The van der Waals surface area contributed by atoms with E-state index in [-0.39, 0.29) is 24.3 Å². The highest BCUT2D eigenvalue weighted by Gasteiger charge is 2.17. The molecule has 0 aliphatic heterocycles. The van der Waals surface area contributed by atoms with E-state index in [1.165, 1.54) is 0 Å². The third-order valence-corrected chi connectivity index (χ3v) is 3.64. The van der Waals surface area contributed by atoms with E-state index in [9.17, 15) is 9.59 Å². The summed E-state index contributed by atoms with van der Waals surface area (Å²) in [5.74, 6) is -0.528. The molecule has 0 aliphatic rings. The first kappa shape index (κ1) is 20.1. The molecule has 2 amide bonds. The Bertz CT molecular complexity index is 532. The quantitative estimate of drug-likeness (QED) is 0.562. The average Bonchev–Trinajstić information content (AvgIpc) is 2.58. The van der Waals surface area contributed by atoms with Crippen molar-refractivity contribution in [1.82, 2.24) is 10.6 Å². The van der Waals surface area contributed by atoms with Crippen molar-refractivity contribution in [1.29, 1.82) is 0 Å². The Labute approximate surface area is 144 Å². The van der Waals surface area contributed by atoms with Crippen molar-refractivity contribution < 1.29 is 14.3 Å². The Kier molecular flexibility index (Phi) is 9.04. The third kappa shape index (κ3) is 7.10. The number of amides is 2. The van der Waals surface area contributed by atoms with Crippen molar-refractivity contribution in [3.8, 4) is 0 Å². The SMILES string of the molecule is CCCOCc1ccccc1CNC(=O)CNC(=O)[C@@H](N)C(C)C. The van der Waals surface area contributed by atoms with E-state index in [1.54, 1.807) is 0 Å². The number of carbonyl (C=O) groups excluding carboxylic acids is 2. The minimum absolute atomic E-state index is 0.0306. The van der Waals surface area contributed by atoms with Crippen LogP contribution in [0, 0.1) is 5.92 Å². The van der Waals surface area contributed by atoms with E-state index in [2.05, 4.69) is 17.6 Å². The van der Waals surface area contributed by atoms with E-state index in [0.29, 0.717) is 19.8 Å². The largest absolute Gasteiger partial charge is 0.377 e. The van der Waals surface area contributed by atoms with Crippen molar-refractivity contribution in [2.24, 2.45) is 11.7 Å². The second kappa shape index (κ2) is 10.8. The number of carbonyl (C=O) groups is 2. The van der Waals surface area contributed by atoms with Gasteiger partial charge >= 0.3 is 0 Å². The van der Waals surface area contributed by atoms with Crippen LogP contribution in [0.25, 0.3) is 0 Å². The van der Waals surface area contributed by atoms with Crippen LogP contribution in [0.5, 0.6) is 0 Å². The fourth-order valence-corrected chi connectivity index (χ4v) is 2.04. The standard InChI is InChI=1S/C18H29N3O3/c1-4-9-24-12-15-8-6-5-7-14(15)10-20-16(22)11-21-18(23)17(19)13(2)3/h5-8,13,17H,4,9-12,19H2,1-3H3,(H,20,22)(H,21,23)/t17-/m0/s1. The lowest BCUT2D eigenvalue weighted by Gasteiger charge is -2.15. The lowest BCUT2D eigenvalue weighted by Crippen LogP contribution is -2.47. The van der Waals surface area contributed by atoms with Gasteiger partial charge in [0.15, 0.2) is 0 Å². The van der Waals surface area contributed by atoms with Crippen LogP contribution in [-0.4, -0.2) is 31.0 Å². The Hall–Kier alpha value is -1.92. The molecule has 1 rings (SSSR count). The highest BCUT2D eigenvalue weighted by molar-refractivity contribution is 5.87. The van der Waals surface area contributed by atoms with Crippen molar-refractivity contribution >= 4 is 11.8 Å². The Morgan fingerprint density at radius 2 is 1.83 bits per heavy atom. The van der Waals surface area contributed by atoms with Gasteiger partial charge in [-0.05, 0) is 23.5 Å². The molecule has 0 spiro atoms. The average molecular weight is 335 g/mol. The molecule has 134 valence electrons. The van der Waals surface area contributed by atoms with Gasteiger partial charge in [0.2, 0.25) is 11.8 Å². The zero-order valence-corrected chi connectivity index (χ0v) is 14.8. The van der Waals surface area contributed by atoms with Crippen LogP contribution in [0.2, 0.25) is 0 Å². The van der Waals surface area contributed by atoms with Gasteiger partial charge in [0.25, 0.3) is 0 Å². The topological polar surface area (TPSA) is 93.5 Å². The predicted molar refractivity (Wildman–Crippen MR) is 94.1 cm³/mol. The minimum atomic E-state index is -0.603. The van der Waals surface area contributed by atoms with E-state index in [1.807, 2.05) is 38.1 Å². The fraction of sp³-hybridized carbons (Fsp3) is 0.556. The Morgan fingerprint density at radius 1 is 1.17 bits per heavy atom.